The van der Waals surface area contributed by atoms with Crippen LogP contribution in [0.4, 0.5) is 13.2 Å². The van der Waals surface area contributed by atoms with E-state index in [0.717, 1.165) is 17.6 Å². The molecule has 0 aliphatic rings. The molecule has 3 aromatic rings. The fraction of sp³-hybridized carbons (Fsp3) is 0.364. The molecule has 22 heavy (non-hydrogen) atoms. The van der Waals surface area contributed by atoms with Crippen LogP contribution in [0.5, 0.6) is 0 Å². The molecule has 0 atom stereocenters. The molecule has 3 aromatic heterocycles. The minimum Gasteiger partial charge on any atom is -0.306 e. The van der Waals surface area contributed by atoms with Crippen molar-refractivity contribution in [1.82, 2.24) is 34.6 Å². The summed E-state index contributed by atoms with van der Waals surface area (Å²) in [7, 11) is 0. The van der Waals surface area contributed by atoms with Gasteiger partial charge in [-0.3, -0.25) is 0 Å². The summed E-state index contributed by atoms with van der Waals surface area (Å²) < 4.78 is 41.0. The van der Waals surface area contributed by atoms with Gasteiger partial charge in [-0.25, -0.2) is 0 Å². The number of aryl methyl sites for hydroxylation is 1. The monoisotopic (exact) mass is 329 g/mol. The Bertz CT molecular complexity index is 823. The van der Waals surface area contributed by atoms with Crippen molar-refractivity contribution in [2.24, 2.45) is 0 Å². The molecule has 0 fully saturated rings. The minimum atomic E-state index is -4.62. The summed E-state index contributed by atoms with van der Waals surface area (Å²) in [6.45, 7) is 4.39. The smallest absolute Gasteiger partial charge is 0.306 e. The van der Waals surface area contributed by atoms with Crippen molar-refractivity contribution in [3.05, 3.63) is 23.8 Å². The fourth-order valence-corrected chi connectivity index (χ4v) is 2.80. The highest BCUT2D eigenvalue weighted by atomic mass is 32.2. The van der Waals surface area contributed by atoms with Crippen LogP contribution in [0.3, 0.4) is 0 Å². The van der Waals surface area contributed by atoms with E-state index in [9.17, 15) is 13.2 Å². The molecule has 0 radical (unpaired) electrons. The topological polar surface area (TPSA) is 73.8 Å². The second-order valence-corrected chi connectivity index (χ2v) is 5.33. The summed E-state index contributed by atoms with van der Waals surface area (Å²) in [5, 5.41) is 19.4. The molecule has 0 amide bonds. The van der Waals surface area contributed by atoms with E-state index in [1.807, 2.05) is 11.5 Å². The van der Waals surface area contributed by atoms with Crippen LogP contribution in [0.1, 0.15) is 18.6 Å². The van der Waals surface area contributed by atoms with Crippen molar-refractivity contribution in [1.29, 1.82) is 0 Å². The molecule has 116 valence electrons. The summed E-state index contributed by atoms with van der Waals surface area (Å²) in [6, 6.07) is 3.00. The van der Waals surface area contributed by atoms with E-state index in [0.29, 0.717) is 21.2 Å². The molecule has 0 saturated carbocycles. The van der Waals surface area contributed by atoms with E-state index in [2.05, 4.69) is 25.5 Å². The van der Waals surface area contributed by atoms with Gasteiger partial charge in [0.05, 0.1) is 0 Å². The fourth-order valence-electron chi connectivity index (χ4n) is 1.90. The maximum absolute atomic E-state index is 12.8. The Hall–Kier alpha value is -2.17. The molecule has 0 saturated heterocycles. The zero-order valence-electron chi connectivity index (χ0n) is 11.5. The van der Waals surface area contributed by atoms with E-state index >= 15 is 0 Å². The van der Waals surface area contributed by atoms with Gasteiger partial charge in [0.25, 0.3) is 5.82 Å². The third kappa shape index (κ3) is 2.51. The third-order valence-corrected chi connectivity index (χ3v) is 3.82. The molecule has 0 aromatic carbocycles. The van der Waals surface area contributed by atoms with Gasteiger partial charge in [0.15, 0.2) is 10.8 Å². The first kappa shape index (κ1) is 14.8. The molecule has 3 heterocycles. The van der Waals surface area contributed by atoms with Crippen LogP contribution >= 0.6 is 11.8 Å². The lowest BCUT2D eigenvalue weighted by Crippen LogP contribution is -2.12. The van der Waals surface area contributed by atoms with Crippen LogP contribution in [-0.2, 0) is 12.7 Å². The summed E-state index contributed by atoms with van der Waals surface area (Å²) in [6.07, 6.45) is -4.62. The average Bonchev–Trinajstić information content (AvgIpc) is 3.02. The van der Waals surface area contributed by atoms with Crippen LogP contribution in [0.15, 0.2) is 22.3 Å². The molecule has 11 heteroatoms. The van der Waals surface area contributed by atoms with Crippen molar-refractivity contribution in [2.75, 3.05) is 0 Å². The molecular weight excluding hydrogens is 319 g/mol. The van der Waals surface area contributed by atoms with Gasteiger partial charge in [0.1, 0.15) is 10.9 Å². The summed E-state index contributed by atoms with van der Waals surface area (Å²) in [5.74, 6) is -0.426. The number of nitrogens with zero attached hydrogens (tertiary/aromatic N) is 7. The Labute approximate surface area is 126 Å². The van der Waals surface area contributed by atoms with Gasteiger partial charge in [0.2, 0.25) is 0 Å². The van der Waals surface area contributed by atoms with Crippen LogP contribution in [0, 0.1) is 6.92 Å². The Balaban J connectivity index is 2.01. The largest absolute Gasteiger partial charge is 0.453 e. The average molecular weight is 329 g/mol. The van der Waals surface area contributed by atoms with E-state index in [4.69, 9.17) is 0 Å². The predicted octanol–water partition coefficient (Wildman–Crippen LogP) is 2.21. The summed E-state index contributed by atoms with van der Waals surface area (Å²) >= 11 is 1.13. The number of fused-ring (bicyclic) bond motifs is 1. The SMILES string of the molecule is CCn1c(C)nnc1Sc1ccc2nnc(C(F)(F)F)n2n1. The first-order valence-electron chi connectivity index (χ1n) is 6.27. The van der Waals surface area contributed by atoms with Crippen molar-refractivity contribution in [3.8, 4) is 0 Å². The molecule has 3 rings (SSSR count). The van der Waals surface area contributed by atoms with Gasteiger partial charge >= 0.3 is 6.18 Å². The lowest BCUT2D eigenvalue weighted by atomic mass is 10.5. The number of alkyl halides is 3. The normalized spacial score (nSPS) is 12.2. The molecule has 0 spiro atoms. The van der Waals surface area contributed by atoms with Crippen molar-refractivity contribution < 1.29 is 13.2 Å². The van der Waals surface area contributed by atoms with Gasteiger partial charge in [-0.1, -0.05) is 0 Å². The van der Waals surface area contributed by atoms with Gasteiger partial charge in [-0.15, -0.1) is 20.4 Å². The summed E-state index contributed by atoms with van der Waals surface area (Å²) in [5.41, 5.74) is 0.0322. The van der Waals surface area contributed by atoms with Gasteiger partial charge < -0.3 is 4.57 Å². The van der Waals surface area contributed by atoms with Gasteiger partial charge in [0, 0.05) is 6.54 Å². The highest BCUT2D eigenvalue weighted by Gasteiger charge is 2.37. The van der Waals surface area contributed by atoms with Crippen LogP contribution in [0.2, 0.25) is 0 Å². The van der Waals surface area contributed by atoms with Crippen molar-refractivity contribution >= 4 is 17.4 Å². The third-order valence-electron chi connectivity index (χ3n) is 2.91. The van der Waals surface area contributed by atoms with E-state index in [1.54, 1.807) is 13.0 Å². The number of aromatic nitrogens is 7. The number of hydrogen-bond donors (Lipinski definition) is 0. The predicted molar refractivity (Wildman–Crippen MR) is 70.3 cm³/mol. The Morgan fingerprint density at radius 2 is 1.91 bits per heavy atom. The van der Waals surface area contributed by atoms with Gasteiger partial charge in [-0.05, 0) is 37.7 Å². The van der Waals surface area contributed by atoms with E-state index < -0.39 is 12.0 Å². The maximum Gasteiger partial charge on any atom is 0.453 e. The zero-order chi connectivity index (χ0) is 15.9. The molecule has 0 N–H and O–H groups in total. The van der Waals surface area contributed by atoms with E-state index in [-0.39, 0.29) is 5.65 Å². The molecular formula is C11H10F3N7S. The standard InChI is InChI=1S/C11H10F3N7S/c1-3-20-6(2)15-18-10(20)22-8-5-4-7-16-17-9(11(12,13)14)21(7)19-8/h4-5H,3H2,1-2H3. The second-order valence-electron chi connectivity index (χ2n) is 4.34. The highest BCUT2D eigenvalue weighted by molar-refractivity contribution is 7.99. The molecule has 7 nitrogen and oxygen atoms in total. The Morgan fingerprint density at radius 3 is 2.59 bits per heavy atom. The molecule has 0 aliphatic heterocycles. The summed E-state index contributed by atoms with van der Waals surface area (Å²) in [4.78, 5) is 0. The highest BCUT2D eigenvalue weighted by Crippen LogP contribution is 2.29. The van der Waals surface area contributed by atoms with Crippen LogP contribution in [-0.4, -0.2) is 34.6 Å². The molecule has 0 bridgehead atoms. The van der Waals surface area contributed by atoms with E-state index in [1.165, 1.54) is 6.07 Å². The lowest BCUT2D eigenvalue weighted by Gasteiger charge is -2.06. The second kappa shape index (κ2) is 5.23. The number of rotatable bonds is 3. The first-order chi connectivity index (χ1) is 10.4. The number of halogens is 3. The molecule has 0 unspecified atom stereocenters. The minimum absolute atomic E-state index is 0.0322. The Morgan fingerprint density at radius 1 is 1.14 bits per heavy atom. The zero-order valence-corrected chi connectivity index (χ0v) is 12.4. The first-order valence-corrected chi connectivity index (χ1v) is 7.09. The number of hydrogen-bond acceptors (Lipinski definition) is 6. The van der Waals surface area contributed by atoms with Crippen molar-refractivity contribution in [2.45, 2.75) is 36.8 Å². The van der Waals surface area contributed by atoms with Gasteiger partial charge in [-0.2, -0.15) is 22.8 Å². The molecule has 0 aliphatic carbocycles. The maximum atomic E-state index is 12.8. The Kier molecular flexibility index (Phi) is 3.51. The van der Waals surface area contributed by atoms with Crippen LogP contribution < -0.4 is 0 Å². The quantitative estimate of drug-likeness (QED) is 0.733. The van der Waals surface area contributed by atoms with Crippen LogP contribution in [0.25, 0.3) is 5.65 Å². The van der Waals surface area contributed by atoms with Crippen molar-refractivity contribution in [3.63, 3.8) is 0 Å². The lowest BCUT2D eigenvalue weighted by molar-refractivity contribution is -0.146.